The fourth-order valence-electron chi connectivity index (χ4n) is 3.59. The van der Waals surface area contributed by atoms with E-state index in [0.717, 1.165) is 42.4 Å². The van der Waals surface area contributed by atoms with E-state index >= 15 is 0 Å². The highest BCUT2D eigenvalue weighted by molar-refractivity contribution is 7.17. The Morgan fingerprint density at radius 1 is 1.35 bits per heavy atom. The molecule has 0 radical (unpaired) electrons. The van der Waals surface area contributed by atoms with E-state index in [2.05, 4.69) is 37.5 Å². The van der Waals surface area contributed by atoms with E-state index in [1.54, 1.807) is 17.7 Å². The molecular formula is C18H25N7S. The van der Waals surface area contributed by atoms with Crippen molar-refractivity contribution in [2.75, 3.05) is 18.0 Å². The minimum absolute atomic E-state index is 0.458. The number of hydrogen-bond donors (Lipinski definition) is 1. The van der Waals surface area contributed by atoms with E-state index in [0.29, 0.717) is 5.92 Å². The maximum absolute atomic E-state index is 6.12. The fraction of sp³-hybridized carbons (Fsp3) is 0.556. The molecule has 4 rings (SSSR count). The van der Waals surface area contributed by atoms with E-state index < -0.39 is 5.54 Å². The van der Waals surface area contributed by atoms with Gasteiger partial charge < -0.3 is 10.6 Å². The van der Waals surface area contributed by atoms with Crippen molar-refractivity contribution in [2.45, 2.75) is 45.7 Å². The molecular weight excluding hydrogens is 346 g/mol. The largest absolute Gasteiger partial charge is 0.356 e. The molecule has 2 N–H and O–H groups in total. The van der Waals surface area contributed by atoms with Gasteiger partial charge in [-0.05, 0) is 50.5 Å². The molecule has 1 saturated heterocycles. The molecule has 0 saturated carbocycles. The summed E-state index contributed by atoms with van der Waals surface area (Å²) in [5.74, 6) is 1.59. The molecule has 0 aromatic carbocycles. The highest BCUT2D eigenvalue weighted by atomic mass is 32.1. The van der Waals surface area contributed by atoms with Crippen molar-refractivity contribution in [3.63, 3.8) is 0 Å². The van der Waals surface area contributed by atoms with Crippen LogP contribution in [0.25, 0.3) is 10.2 Å². The summed E-state index contributed by atoms with van der Waals surface area (Å²) in [6, 6.07) is 0. The van der Waals surface area contributed by atoms with Crippen molar-refractivity contribution in [1.82, 2.24) is 25.0 Å². The number of aromatic nitrogens is 5. The van der Waals surface area contributed by atoms with Gasteiger partial charge in [-0.25, -0.2) is 9.97 Å². The highest BCUT2D eigenvalue weighted by Crippen LogP contribution is 2.33. The van der Waals surface area contributed by atoms with Crippen LogP contribution in [-0.2, 0) is 12.1 Å². The molecule has 7 nitrogen and oxygen atoms in total. The van der Waals surface area contributed by atoms with E-state index in [9.17, 15) is 0 Å². The zero-order valence-electron chi connectivity index (χ0n) is 15.5. The van der Waals surface area contributed by atoms with Gasteiger partial charge in [-0.3, -0.25) is 4.68 Å². The van der Waals surface area contributed by atoms with Gasteiger partial charge in [-0.15, -0.1) is 16.4 Å². The third-order valence-electron chi connectivity index (χ3n) is 5.00. The van der Waals surface area contributed by atoms with Crippen LogP contribution in [0.1, 0.15) is 37.9 Å². The minimum Gasteiger partial charge on any atom is -0.356 e. The third-order valence-corrected chi connectivity index (χ3v) is 6.00. The number of nitrogens with zero attached hydrogens (tertiary/aromatic N) is 6. The molecule has 0 amide bonds. The van der Waals surface area contributed by atoms with E-state index in [1.807, 2.05) is 24.7 Å². The first-order valence-corrected chi connectivity index (χ1v) is 9.93. The molecule has 0 spiro atoms. The van der Waals surface area contributed by atoms with Gasteiger partial charge >= 0.3 is 0 Å². The molecule has 138 valence electrons. The molecule has 1 fully saturated rings. The van der Waals surface area contributed by atoms with Crippen molar-refractivity contribution in [2.24, 2.45) is 11.7 Å². The number of hydrogen-bond acceptors (Lipinski definition) is 7. The van der Waals surface area contributed by atoms with Crippen molar-refractivity contribution >= 4 is 27.4 Å². The van der Waals surface area contributed by atoms with Gasteiger partial charge in [-0.1, -0.05) is 5.21 Å². The molecule has 8 heteroatoms. The average Bonchev–Trinajstić information content (AvgIpc) is 3.22. The Hall–Kier alpha value is -2.06. The van der Waals surface area contributed by atoms with Gasteiger partial charge in [0.25, 0.3) is 0 Å². The zero-order chi connectivity index (χ0) is 18.3. The summed E-state index contributed by atoms with van der Waals surface area (Å²) in [4.78, 5) is 12.5. The van der Waals surface area contributed by atoms with Crippen molar-refractivity contribution < 1.29 is 0 Å². The lowest BCUT2D eigenvalue weighted by Crippen LogP contribution is -2.37. The van der Waals surface area contributed by atoms with Gasteiger partial charge in [0.2, 0.25) is 0 Å². The first-order chi connectivity index (χ1) is 12.4. The second-order valence-corrected chi connectivity index (χ2v) is 8.66. The van der Waals surface area contributed by atoms with Crippen LogP contribution in [0.3, 0.4) is 0 Å². The van der Waals surface area contributed by atoms with E-state index in [1.165, 1.54) is 17.4 Å². The van der Waals surface area contributed by atoms with Crippen LogP contribution in [0.15, 0.2) is 17.9 Å². The molecule has 3 aromatic heterocycles. The topological polar surface area (TPSA) is 85.8 Å². The van der Waals surface area contributed by atoms with Crippen LogP contribution in [-0.4, -0.2) is 38.1 Å². The molecule has 0 bridgehead atoms. The summed E-state index contributed by atoms with van der Waals surface area (Å²) in [5.41, 5.74) is 7.75. The second kappa shape index (κ2) is 6.59. The van der Waals surface area contributed by atoms with Crippen LogP contribution in [0.2, 0.25) is 0 Å². The Kier molecular flexibility index (Phi) is 4.40. The molecule has 0 aliphatic carbocycles. The number of rotatable bonds is 4. The molecule has 1 aliphatic rings. The lowest BCUT2D eigenvalue weighted by Gasteiger charge is -2.33. The lowest BCUT2D eigenvalue weighted by molar-refractivity contribution is 0.347. The molecule has 4 heterocycles. The Morgan fingerprint density at radius 2 is 2.19 bits per heavy atom. The summed E-state index contributed by atoms with van der Waals surface area (Å²) in [6.07, 6.45) is 6.01. The quantitative estimate of drug-likeness (QED) is 0.759. The Morgan fingerprint density at radius 3 is 2.96 bits per heavy atom. The van der Waals surface area contributed by atoms with Crippen LogP contribution in [0.5, 0.6) is 0 Å². The van der Waals surface area contributed by atoms with E-state index in [4.69, 9.17) is 5.73 Å². The van der Waals surface area contributed by atoms with Crippen LogP contribution < -0.4 is 10.6 Å². The Labute approximate surface area is 157 Å². The molecule has 1 unspecified atom stereocenters. The number of nitrogens with two attached hydrogens (primary N) is 1. The predicted molar refractivity (Wildman–Crippen MR) is 104 cm³/mol. The lowest BCUT2D eigenvalue weighted by atomic mass is 9.97. The third kappa shape index (κ3) is 3.31. The van der Waals surface area contributed by atoms with Crippen molar-refractivity contribution in [1.29, 1.82) is 0 Å². The molecule has 1 atom stereocenters. The Bertz CT molecular complexity index is 908. The first kappa shape index (κ1) is 17.4. The number of thiophene rings is 1. The van der Waals surface area contributed by atoms with Crippen molar-refractivity contribution in [3.05, 3.63) is 29.2 Å². The smallest absolute Gasteiger partial charge is 0.141 e. The Balaban J connectivity index is 1.52. The average molecular weight is 372 g/mol. The monoisotopic (exact) mass is 371 g/mol. The summed E-state index contributed by atoms with van der Waals surface area (Å²) in [7, 11) is 0. The van der Waals surface area contributed by atoms with Crippen LogP contribution in [0.4, 0.5) is 5.82 Å². The maximum atomic E-state index is 6.12. The number of fused-ring (bicyclic) bond motifs is 1. The predicted octanol–water partition coefficient (Wildman–Crippen LogP) is 2.70. The van der Waals surface area contributed by atoms with Gasteiger partial charge in [0.1, 0.15) is 22.7 Å². The van der Waals surface area contributed by atoms with Crippen molar-refractivity contribution in [3.8, 4) is 0 Å². The maximum Gasteiger partial charge on any atom is 0.141 e. The van der Waals surface area contributed by atoms with Crippen LogP contribution >= 0.6 is 11.3 Å². The second-order valence-electron chi connectivity index (χ2n) is 7.80. The minimum atomic E-state index is -0.458. The summed E-state index contributed by atoms with van der Waals surface area (Å²) < 4.78 is 1.93. The zero-order valence-corrected chi connectivity index (χ0v) is 16.3. The van der Waals surface area contributed by atoms with Crippen LogP contribution in [0, 0.1) is 12.8 Å². The number of aryl methyl sites for hydroxylation is 1. The van der Waals surface area contributed by atoms with Gasteiger partial charge in [0, 0.05) is 19.6 Å². The summed E-state index contributed by atoms with van der Waals surface area (Å²) >= 11 is 1.69. The standard InChI is InChI=1S/C18H25N7S/c1-12-10-26-17-15(12)16(20-11-21-17)24-6-4-5-13(7-24)8-25-9-14(22-23-25)18(2,3)19/h9-11,13H,4-8,19H2,1-3H3. The number of anilines is 1. The fourth-order valence-corrected chi connectivity index (χ4v) is 4.48. The normalized spacial score (nSPS) is 18.6. The summed E-state index contributed by atoms with van der Waals surface area (Å²) in [6.45, 7) is 8.91. The molecule has 3 aromatic rings. The molecule has 1 aliphatic heterocycles. The van der Waals surface area contributed by atoms with Gasteiger partial charge in [0.15, 0.2) is 0 Å². The summed E-state index contributed by atoms with van der Waals surface area (Å²) in [5, 5.41) is 11.9. The van der Waals surface area contributed by atoms with Gasteiger partial charge in [0.05, 0.1) is 17.1 Å². The first-order valence-electron chi connectivity index (χ1n) is 9.05. The molecule has 26 heavy (non-hydrogen) atoms. The highest BCUT2D eigenvalue weighted by Gasteiger charge is 2.25. The van der Waals surface area contributed by atoms with Gasteiger partial charge in [-0.2, -0.15) is 0 Å². The SMILES string of the molecule is Cc1csc2ncnc(N3CCCC(Cn4cc(C(C)(C)N)nn4)C3)c12. The number of piperidine rings is 1. The van der Waals surface area contributed by atoms with E-state index in [-0.39, 0.29) is 0 Å².